The molecule has 1 N–H and O–H groups in total. The average molecular weight is 235 g/mol. The zero-order valence-electron chi connectivity index (χ0n) is 9.73. The van der Waals surface area contributed by atoms with Gasteiger partial charge in [0, 0.05) is 20.5 Å². The number of alkyl halides is 1. The third kappa shape index (κ3) is 3.13. The highest BCUT2D eigenvalue weighted by atomic mass is 19.1. The first-order valence-electron chi connectivity index (χ1n) is 5.21. The maximum absolute atomic E-state index is 12.6. The molecule has 5 nitrogen and oxygen atoms in total. The molecular formula is C10H18FNO4. The van der Waals surface area contributed by atoms with E-state index in [1.54, 1.807) is 7.05 Å². The zero-order chi connectivity index (χ0) is 12.1. The average Bonchev–Trinajstić information content (AvgIpc) is 2.27. The summed E-state index contributed by atoms with van der Waals surface area (Å²) >= 11 is 0. The van der Waals surface area contributed by atoms with Crippen LogP contribution < -0.4 is 5.32 Å². The summed E-state index contributed by atoms with van der Waals surface area (Å²) in [5.74, 6) is -0.401. The predicted molar refractivity (Wildman–Crippen MR) is 54.7 cm³/mol. The fraction of sp³-hybridized carbons (Fsp3) is 0.900. The van der Waals surface area contributed by atoms with Crippen molar-refractivity contribution >= 4 is 5.97 Å². The molecule has 0 bridgehead atoms. The van der Waals surface area contributed by atoms with Gasteiger partial charge in [-0.25, -0.2) is 4.39 Å². The molecule has 16 heavy (non-hydrogen) atoms. The Morgan fingerprint density at radius 2 is 2.31 bits per heavy atom. The lowest BCUT2D eigenvalue weighted by Gasteiger charge is -2.39. The zero-order valence-corrected chi connectivity index (χ0v) is 9.73. The lowest BCUT2D eigenvalue weighted by atomic mass is 10.0. The molecule has 0 aromatic carbocycles. The van der Waals surface area contributed by atoms with Gasteiger partial charge in [-0.3, -0.25) is 10.1 Å². The van der Waals surface area contributed by atoms with Gasteiger partial charge in [0.1, 0.15) is 25.1 Å². The molecule has 0 spiro atoms. The molecule has 0 aromatic heterocycles. The van der Waals surface area contributed by atoms with Crippen LogP contribution in [0.25, 0.3) is 0 Å². The Balaban J connectivity index is 2.71. The first kappa shape index (κ1) is 13.3. The van der Waals surface area contributed by atoms with E-state index in [0.29, 0.717) is 6.42 Å². The lowest BCUT2D eigenvalue weighted by molar-refractivity contribution is -0.205. The van der Waals surface area contributed by atoms with Gasteiger partial charge < -0.3 is 14.2 Å². The van der Waals surface area contributed by atoms with Crippen molar-refractivity contribution in [2.24, 2.45) is 0 Å². The van der Waals surface area contributed by atoms with Crippen LogP contribution in [0.1, 0.15) is 13.3 Å². The van der Waals surface area contributed by atoms with Crippen molar-refractivity contribution in [2.45, 2.75) is 37.9 Å². The van der Waals surface area contributed by atoms with Crippen LogP contribution in [0.4, 0.5) is 4.39 Å². The quantitative estimate of drug-likeness (QED) is 0.707. The molecule has 2 unspecified atom stereocenters. The topological polar surface area (TPSA) is 56.8 Å². The number of hydrogen-bond donors (Lipinski definition) is 1. The Morgan fingerprint density at radius 3 is 2.75 bits per heavy atom. The minimum atomic E-state index is -0.605. The van der Waals surface area contributed by atoms with Crippen LogP contribution in [0.2, 0.25) is 0 Å². The number of carbonyl (C=O) groups is 1. The fourth-order valence-corrected chi connectivity index (χ4v) is 1.86. The largest absolute Gasteiger partial charge is 0.460 e. The van der Waals surface area contributed by atoms with Gasteiger partial charge in [0.25, 0.3) is 0 Å². The third-order valence-electron chi connectivity index (χ3n) is 2.55. The highest BCUT2D eigenvalue weighted by Crippen LogP contribution is 2.24. The molecule has 0 radical (unpaired) electrons. The Morgan fingerprint density at radius 1 is 1.62 bits per heavy atom. The van der Waals surface area contributed by atoms with Crippen LogP contribution >= 0.6 is 0 Å². The molecule has 0 aliphatic carbocycles. The van der Waals surface area contributed by atoms with Crippen molar-refractivity contribution in [1.29, 1.82) is 0 Å². The number of halogens is 1. The van der Waals surface area contributed by atoms with Crippen molar-refractivity contribution in [1.82, 2.24) is 5.32 Å². The minimum Gasteiger partial charge on any atom is -0.460 e. The second-order valence-electron chi connectivity index (χ2n) is 3.71. The van der Waals surface area contributed by atoms with Crippen molar-refractivity contribution in [3.63, 3.8) is 0 Å². The number of esters is 1. The molecule has 0 saturated carbocycles. The van der Waals surface area contributed by atoms with Crippen LogP contribution in [0.15, 0.2) is 0 Å². The number of rotatable bonds is 4. The van der Waals surface area contributed by atoms with E-state index >= 15 is 0 Å². The summed E-state index contributed by atoms with van der Waals surface area (Å²) in [4.78, 5) is 10.9. The van der Waals surface area contributed by atoms with Gasteiger partial charge in [0.15, 0.2) is 0 Å². The van der Waals surface area contributed by atoms with Crippen molar-refractivity contribution in [2.75, 3.05) is 20.8 Å². The van der Waals surface area contributed by atoms with Crippen LogP contribution in [-0.2, 0) is 19.0 Å². The van der Waals surface area contributed by atoms with E-state index in [1.165, 1.54) is 14.0 Å². The summed E-state index contributed by atoms with van der Waals surface area (Å²) in [6.45, 7) is 0.716. The van der Waals surface area contributed by atoms with E-state index in [2.05, 4.69) is 5.32 Å². The number of hydrogen-bond acceptors (Lipinski definition) is 5. The van der Waals surface area contributed by atoms with E-state index in [-0.39, 0.29) is 0 Å². The molecule has 0 aromatic rings. The van der Waals surface area contributed by atoms with Gasteiger partial charge >= 0.3 is 5.97 Å². The summed E-state index contributed by atoms with van der Waals surface area (Å²) < 4.78 is 28.3. The molecule has 1 aliphatic heterocycles. The molecule has 0 amide bonds. The highest BCUT2D eigenvalue weighted by Gasteiger charge is 2.40. The number of ether oxygens (including phenoxy) is 3. The summed E-state index contributed by atoms with van der Waals surface area (Å²) in [6, 6.07) is 0. The number of likely N-dealkylation sites (N-methyl/N-ethyl adjacent to an activating group) is 1. The Hall–Kier alpha value is -0.720. The van der Waals surface area contributed by atoms with Gasteiger partial charge in [-0.1, -0.05) is 0 Å². The van der Waals surface area contributed by atoms with Crippen molar-refractivity contribution < 1.29 is 23.4 Å². The maximum atomic E-state index is 12.6. The Bertz CT molecular complexity index is 239. The maximum Gasteiger partial charge on any atom is 0.302 e. The van der Waals surface area contributed by atoms with Gasteiger partial charge in [-0.2, -0.15) is 0 Å². The fourth-order valence-electron chi connectivity index (χ4n) is 1.86. The van der Waals surface area contributed by atoms with Gasteiger partial charge in [-0.05, 0) is 7.05 Å². The van der Waals surface area contributed by atoms with E-state index in [0.717, 1.165) is 0 Å². The Kier molecular flexibility index (Phi) is 5.11. The molecule has 6 heteroatoms. The van der Waals surface area contributed by atoms with Crippen LogP contribution in [-0.4, -0.2) is 51.3 Å². The van der Waals surface area contributed by atoms with Crippen molar-refractivity contribution in [3.05, 3.63) is 0 Å². The Labute approximate surface area is 94.2 Å². The smallest absolute Gasteiger partial charge is 0.302 e. The van der Waals surface area contributed by atoms with Gasteiger partial charge in [-0.15, -0.1) is 0 Å². The number of nitrogens with one attached hydrogen (secondary N) is 1. The molecule has 94 valence electrons. The molecule has 1 heterocycles. The second-order valence-corrected chi connectivity index (χ2v) is 3.71. The lowest BCUT2D eigenvalue weighted by Crippen LogP contribution is -2.56. The van der Waals surface area contributed by atoms with Crippen LogP contribution in [0.3, 0.4) is 0 Å². The summed E-state index contributed by atoms with van der Waals surface area (Å²) in [7, 11) is 3.19. The van der Waals surface area contributed by atoms with Crippen molar-refractivity contribution in [3.8, 4) is 0 Å². The van der Waals surface area contributed by atoms with Gasteiger partial charge in [0.05, 0.1) is 6.10 Å². The van der Waals surface area contributed by atoms with E-state index in [4.69, 9.17) is 14.2 Å². The standard InChI is InChI=1S/C10H18FNO4/c1-6(13)15-8-4-7(5-11)16-10(12-2)9(8)14-3/h7-10,12H,4-5H2,1-3H3/t7?,8-,9-,10?/m0/s1. The van der Waals surface area contributed by atoms with E-state index in [9.17, 15) is 9.18 Å². The normalized spacial score (nSPS) is 34.8. The summed E-state index contributed by atoms with van der Waals surface area (Å²) in [5.41, 5.74) is 0. The van der Waals surface area contributed by atoms with Crippen LogP contribution in [0.5, 0.6) is 0 Å². The summed E-state index contributed by atoms with van der Waals surface area (Å²) in [6.07, 6.45) is -1.62. The first-order chi connectivity index (χ1) is 7.62. The third-order valence-corrected chi connectivity index (χ3v) is 2.55. The number of carbonyl (C=O) groups excluding carboxylic acids is 1. The minimum absolute atomic E-state index is 0.312. The molecule has 1 rings (SSSR count). The SMILES string of the molecule is CNC1OC(CF)C[C@H](OC(C)=O)[C@@H]1OC. The van der Waals surface area contributed by atoms with Gasteiger partial charge in [0.2, 0.25) is 0 Å². The number of methoxy groups -OCH3 is 1. The molecule has 1 fully saturated rings. The summed E-state index contributed by atoms with van der Waals surface area (Å²) in [5, 5.41) is 2.87. The predicted octanol–water partition coefficient (Wildman–Crippen LogP) is 0.237. The van der Waals surface area contributed by atoms with E-state index in [1.807, 2.05) is 0 Å². The first-order valence-corrected chi connectivity index (χ1v) is 5.21. The second kappa shape index (κ2) is 6.12. The van der Waals surface area contributed by atoms with E-state index < -0.39 is 37.2 Å². The van der Waals surface area contributed by atoms with Crippen LogP contribution in [0, 0.1) is 0 Å². The molecule has 1 aliphatic rings. The highest BCUT2D eigenvalue weighted by molar-refractivity contribution is 5.66. The molecule has 1 saturated heterocycles. The monoisotopic (exact) mass is 235 g/mol. The molecule has 4 atom stereocenters. The molecular weight excluding hydrogens is 217 g/mol.